The fraction of sp³-hybridized carbons (Fsp3) is 0.636. The van der Waals surface area contributed by atoms with Gasteiger partial charge in [-0.1, -0.05) is 20.3 Å². The number of anilines is 1. The molecule has 4 nitrogen and oxygen atoms in total. The zero-order valence-electron chi connectivity index (χ0n) is 9.66. The lowest BCUT2D eigenvalue weighted by Crippen LogP contribution is -2.10. The van der Waals surface area contributed by atoms with E-state index in [0.717, 1.165) is 5.56 Å². The van der Waals surface area contributed by atoms with Gasteiger partial charge in [-0.3, -0.25) is 0 Å². The van der Waals surface area contributed by atoms with E-state index >= 15 is 0 Å². The van der Waals surface area contributed by atoms with Crippen molar-refractivity contribution in [2.75, 3.05) is 12.3 Å². The summed E-state index contributed by atoms with van der Waals surface area (Å²) in [6.45, 7) is 6.90. The van der Waals surface area contributed by atoms with Crippen molar-refractivity contribution in [3.8, 4) is 5.88 Å². The van der Waals surface area contributed by atoms with Crippen molar-refractivity contribution >= 4 is 5.82 Å². The lowest BCUT2D eigenvalue weighted by molar-refractivity contribution is 0.241. The monoisotopic (exact) mass is 209 g/mol. The van der Waals surface area contributed by atoms with Gasteiger partial charge in [0, 0.05) is 0 Å². The van der Waals surface area contributed by atoms with E-state index in [4.69, 9.17) is 10.5 Å². The van der Waals surface area contributed by atoms with Crippen LogP contribution in [0.5, 0.6) is 5.88 Å². The number of nitrogens with zero attached hydrogens (tertiary/aromatic N) is 2. The van der Waals surface area contributed by atoms with Crippen molar-refractivity contribution in [2.24, 2.45) is 5.92 Å². The first kappa shape index (κ1) is 11.8. The largest absolute Gasteiger partial charge is 0.477 e. The maximum Gasteiger partial charge on any atom is 0.221 e. The van der Waals surface area contributed by atoms with Crippen LogP contribution in [0.4, 0.5) is 5.82 Å². The second-order valence-electron chi connectivity index (χ2n) is 3.89. The summed E-state index contributed by atoms with van der Waals surface area (Å²) in [5, 5.41) is 0. The molecule has 0 aromatic carbocycles. The molecule has 0 saturated heterocycles. The van der Waals surface area contributed by atoms with E-state index in [9.17, 15) is 0 Å². The average molecular weight is 209 g/mol. The third kappa shape index (κ3) is 3.38. The second kappa shape index (κ2) is 5.53. The highest BCUT2D eigenvalue weighted by Gasteiger charge is 2.07. The Balaban J connectivity index is 2.54. The summed E-state index contributed by atoms with van der Waals surface area (Å²) in [7, 11) is 0. The Labute approximate surface area is 90.9 Å². The molecule has 0 aliphatic heterocycles. The molecule has 0 saturated carbocycles. The van der Waals surface area contributed by atoms with Gasteiger partial charge in [-0.15, -0.1) is 0 Å². The Bertz CT molecular complexity index is 315. The maximum atomic E-state index is 5.65. The van der Waals surface area contributed by atoms with Crippen LogP contribution in [0.3, 0.4) is 0 Å². The van der Waals surface area contributed by atoms with Gasteiger partial charge in [-0.05, 0) is 19.3 Å². The lowest BCUT2D eigenvalue weighted by atomic mass is 10.1. The topological polar surface area (TPSA) is 61.0 Å². The summed E-state index contributed by atoms with van der Waals surface area (Å²) >= 11 is 0. The highest BCUT2D eigenvalue weighted by molar-refractivity contribution is 5.42. The van der Waals surface area contributed by atoms with Crippen LogP contribution in [0.15, 0.2) is 6.33 Å². The van der Waals surface area contributed by atoms with Crippen molar-refractivity contribution in [2.45, 2.75) is 33.6 Å². The Morgan fingerprint density at radius 1 is 1.47 bits per heavy atom. The second-order valence-corrected chi connectivity index (χ2v) is 3.89. The van der Waals surface area contributed by atoms with Crippen LogP contribution >= 0.6 is 0 Å². The average Bonchev–Trinajstić information content (AvgIpc) is 2.21. The molecule has 1 unspecified atom stereocenters. The van der Waals surface area contributed by atoms with Gasteiger partial charge >= 0.3 is 0 Å². The minimum Gasteiger partial charge on any atom is -0.477 e. The van der Waals surface area contributed by atoms with E-state index < -0.39 is 0 Å². The van der Waals surface area contributed by atoms with E-state index in [0.29, 0.717) is 24.2 Å². The first-order chi connectivity index (χ1) is 7.15. The van der Waals surface area contributed by atoms with Gasteiger partial charge < -0.3 is 10.5 Å². The molecule has 0 fully saturated rings. The van der Waals surface area contributed by atoms with Crippen molar-refractivity contribution in [1.82, 2.24) is 9.97 Å². The first-order valence-corrected chi connectivity index (χ1v) is 5.35. The van der Waals surface area contributed by atoms with Gasteiger partial charge in [0.05, 0.1) is 12.2 Å². The van der Waals surface area contributed by atoms with Crippen molar-refractivity contribution in [3.63, 3.8) is 0 Å². The molecular weight excluding hydrogens is 190 g/mol. The molecule has 84 valence electrons. The third-order valence-electron chi connectivity index (χ3n) is 2.36. The van der Waals surface area contributed by atoms with Crippen molar-refractivity contribution < 1.29 is 4.74 Å². The number of rotatable bonds is 5. The van der Waals surface area contributed by atoms with E-state index in [2.05, 4.69) is 23.8 Å². The van der Waals surface area contributed by atoms with Gasteiger partial charge in [0.2, 0.25) is 5.88 Å². The van der Waals surface area contributed by atoms with Gasteiger partial charge in [0.1, 0.15) is 12.1 Å². The Morgan fingerprint density at radius 2 is 2.20 bits per heavy atom. The van der Waals surface area contributed by atoms with Gasteiger partial charge in [-0.2, -0.15) is 0 Å². The smallest absolute Gasteiger partial charge is 0.221 e. The van der Waals surface area contributed by atoms with Gasteiger partial charge in [-0.25, -0.2) is 9.97 Å². The number of ether oxygens (including phenoxy) is 1. The fourth-order valence-corrected chi connectivity index (χ4v) is 1.39. The zero-order chi connectivity index (χ0) is 11.3. The summed E-state index contributed by atoms with van der Waals surface area (Å²) < 4.78 is 5.60. The molecule has 1 aromatic heterocycles. The molecule has 1 rings (SSSR count). The molecule has 0 amide bonds. The van der Waals surface area contributed by atoms with E-state index in [1.54, 1.807) is 0 Å². The number of hydrogen-bond donors (Lipinski definition) is 1. The molecular formula is C11H19N3O. The predicted octanol–water partition coefficient (Wildman–Crippen LogP) is 2.18. The Hall–Kier alpha value is -1.32. The quantitative estimate of drug-likeness (QED) is 0.807. The molecule has 15 heavy (non-hydrogen) atoms. The molecule has 0 aliphatic carbocycles. The molecule has 1 atom stereocenters. The molecule has 1 aromatic rings. The molecule has 4 heteroatoms. The summed E-state index contributed by atoms with van der Waals surface area (Å²) in [5.41, 5.74) is 6.48. The molecule has 0 spiro atoms. The number of nitrogens with two attached hydrogens (primary N) is 1. The SMILES string of the molecule is CCCC(C)COc1ncnc(N)c1C. The van der Waals surface area contributed by atoms with E-state index in [1.807, 2.05) is 6.92 Å². The number of hydrogen-bond acceptors (Lipinski definition) is 4. The molecule has 0 aliphatic rings. The standard InChI is InChI=1S/C11H19N3O/c1-4-5-8(2)6-15-11-9(3)10(12)13-7-14-11/h7-8H,4-6H2,1-3H3,(H2,12,13,14). The minimum atomic E-state index is 0.489. The zero-order valence-corrected chi connectivity index (χ0v) is 9.66. The fourth-order valence-electron chi connectivity index (χ4n) is 1.39. The maximum absolute atomic E-state index is 5.65. The van der Waals surface area contributed by atoms with Crippen LogP contribution in [0.1, 0.15) is 32.3 Å². The van der Waals surface area contributed by atoms with Crippen molar-refractivity contribution in [3.05, 3.63) is 11.9 Å². The lowest BCUT2D eigenvalue weighted by Gasteiger charge is -2.12. The predicted molar refractivity (Wildman–Crippen MR) is 60.7 cm³/mol. The number of nitrogen functional groups attached to an aromatic ring is 1. The van der Waals surface area contributed by atoms with Gasteiger partial charge in [0.25, 0.3) is 0 Å². The normalized spacial score (nSPS) is 12.5. The Kier molecular flexibility index (Phi) is 4.34. The van der Waals surface area contributed by atoms with Crippen LogP contribution < -0.4 is 10.5 Å². The number of aromatic nitrogens is 2. The summed E-state index contributed by atoms with van der Waals surface area (Å²) in [6.07, 6.45) is 3.77. The molecule has 1 heterocycles. The molecule has 2 N–H and O–H groups in total. The van der Waals surface area contributed by atoms with Crippen molar-refractivity contribution in [1.29, 1.82) is 0 Å². The highest BCUT2D eigenvalue weighted by atomic mass is 16.5. The van der Waals surface area contributed by atoms with Crippen LogP contribution in [-0.2, 0) is 0 Å². The Morgan fingerprint density at radius 3 is 2.87 bits per heavy atom. The van der Waals surface area contributed by atoms with Crippen LogP contribution in [0.25, 0.3) is 0 Å². The summed E-state index contributed by atoms with van der Waals surface area (Å²) in [5.74, 6) is 1.64. The van der Waals surface area contributed by atoms with Crippen LogP contribution in [0, 0.1) is 12.8 Å². The van der Waals surface area contributed by atoms with E-state index in [-0.39, 0.29) is 0 Å². The first-order valence-electron chi connectivity index (χ1n) is 5.35. The van der Waals surface area contributed by atoms with Gasteiger partial charge in [0.15, 0.2) is 0 Å². The molecule has 0 bridgehead atoms. The summed E-state index contributed by atoms with van der Waals surface area (Å²) in [6, 6.07) is 0. The van der Waals surface area contributed by atoms with Crippen LogP contribution in [-0.4, -0.2) is 16.6 Å². The van der Waals surface area contributed by atoms with Crippen LogP contribution in [0.2, 0.25) is 0 Å². The summed E-state index contributed by atoms with van der Waals surface area (Å²) in [4.78, 5) is 7.95. The van der Waals surface area contributed by atoms with E-state index in [1.165, 1.54) is 19.2 Å². The third-order valence-corrected chi connectivity index (χ3v) is 2.36. The minimum absolute atomic E-state index is 0.489. The molecule has 0 radical (unpaired) electrons. The highest BCUT2D eigenvalue weighted by Crippen LogP contribution is 2.18.